The minimum absolute atomic E-state index is 0.00461. The van der Waals surface area contributed by atoms with Gasteiger partial charge in [-0.25, -0.2) is 4.98 Å². The van der Waals surface area contributed by atoms with Crippen molar-refractivity contribution < 1.29 is 9.84 Å². The molecule has 0 aliphatic rings. The second-order valence-electron chi connectivity index (χ2n) is 4.41. The highest BCUT2D eigenvalue weighted by molar-refractivity contribution is 9.11. The van der Waals surface area contributed by atoms with E-state index >= 15 is 0 Å². The Kier molecular flexibility index (Phi) is 4.59. The van der Waals surface area contributed by atoms with Gasteiger partial charge >= 0.3 is 0 Å². The molecule has 0 saturated heterocycles. The van der Waals surface area contributed by atoms with Gasteiger partial charge in [-0.2, -0.15) is 0 Å². The molecule has 3 rings (SSSR count). The Morgan fingerprint density at radius 2 is 1.86 bits per heavy atom. The number of hydrogen-bond donors (Lipinski definition) is 1. The third kappa shape index (κ3) is 3.29. The number of hydrogen-bond acceptors (Lipinski definition) is 4. The maximum atomic E-state index is 9.18. The lowest BCUT2D eigenvalue weighted by Crippen LogP contribution is -1.97. The minimum atomic E-state index is -0.00461. The van der Waals surface area contributed by atoms with Gasteiger partial charge in [-0.05, 0) is 61.7 Å². The number of fused-ring (bicyclic) bond motifs is 1. The molecule has 0 radical (unpaired) electrons. The SMILES string of the molecule is OCc1cc(Br)c(OCc2nc3ccccc3s2)c(Br)c1. The second-order valence-corrected chi connectivity index (χ2v) is 7.23. The Morgan fingerprint density at radius 1 is 1.14 bits per heavy atom. The van der Waals surface area contributed by atoms with Crippen molar-refractivity contribution in [1.29, 1.82) is 0 Å². The van der Waals surface area contributed by atoms with Crippen molar-refractivity contribution in [1.82, 2.24) is 4.98 Å². The van der Waals surface area contributed by atoms with Crippen molar-refractivity contribution in [2.24, 2.45) is 0 Å². The molecule has 0 atom stereocenters. The quantitative estimate of drug-likeness (QED) is 0.642. The summed E-state index contributed by atoms with van der Waals surface area (Å²) in [5.74, 6) is 0.714. The standard InChI is InChI=1S/C15H11Br2NO2S/c16-10-5-9(7-19)6-11(17)15(10)20-8-14-18-12-3-1-2-4-13(12)21-14/h1-6,19H,7-8H2. The lowest BCUT2D eigenvalue weighted by molar-refractivity contribution is 0.280. The van der Waals surface area contributed by atoms with E-state index in [0.29, 0.717) is 12.4 Å². The third-order valence-corrected chi connectivity index (χ3v) is 5.11. The highest BCUT2D eigenvalue weighted by Crippen LogP contribution is 2.35. The molecule has 21 heavy (non-hydrogen) atoms. The highest BCUT2D eigenvalue weighted by atomic mass is 79.9. The Hall–Kier alpha value is -0.950. The van der Waals surface area contributed by atoms with Crippen molar-refractivity contribution in [3.8, 4) is 5.75 Å². The van der Waals surface area contributed by atoms with Gasteiger partial charge in [-0.3, -0.25) is 0 Å². The van der Waals surface area contributed by atoms with Crippen LogP contribution in [0.15, 0.2) is 45.3 Å². The molecule has 1 aromatic heterocycles. The normalized spacial score (nSPS) is 11.0. The number of benzene rings is 2. The summed E-state index contributed by atoms with van der Waals surface area (Å²) in [7, 11) is 0. The van der Waals surface area contributed by atoms with Crippen LogP contribution in [0.5, 0.6) is 5.75 Å². The predicted octanol–water partition coefficient (Wildman–Crippen LogP) is 4.89. The molecule has 0 unspecified atom stereocenters. The van der Waals surface area contributed by atoms with E-state index in [-0.39, 0.29) is 6.61 Å². The molecular weight excluding hydrogens is 418 g/mol. The zero-order valence-electron chi connectivity index (χ0n) is 10.8. The second kappa shape index (κ2) is 6.44. The molecule has 0 saturated carbocycles. The number of thiazole rings is 1. The summed E-state index contributed by atoms with van der Waals surface area (Å²) >= 11 is 8.56. The molecule has 3 nitrogen and oxygen atoms in total. The van der Waals surface area contributed by atoms with E-state index in [2.05, 4.69) is 42.9 Å². The zero-order chi connectivity index (χ0) is 14.8. The van der Waals surface area contributed by atoms with E-state index in [1.54, 1.807) is 11.3 Å². The summed E-state index contributed by atoms with van der Waals surface area (Å²) in [6.45, 7) is 0.407. The zero-order valence-corrected chi connectivity index (χ0v) is 14.8. The Labute approximate surface area is 142 Å². The highest BCUT2D eigenvalue weighted by Gasteiger charge is 2.11. The van der Waals surface area contributed by atoms with Crippen LogP contribution in [-0.2, 0) is 13.2 Å². The van der Waals surface area contributed by atoms with Crippen LogP contribution in [0.1, 0.15) is 10.6 Å². The van der Waals surface area contributed by atoms with Crippen LogP contribution in [0.2, 0.25) is 0 Å². The first-order valence-corrected chi connectivity index (χ1v) is 8.63. The number of para-hydroxylation sites is 1. The van der Waals surface area contributed by atoms with E-state index in [9.17, 15) is 5.11 Å². The van der Waals surface area contributed by atoms with Crippen molar-refractivity contribution in [2.75, 3.05) is 0 Å². The van der Waals surface area contributed by atoms with Crippen LogP contribution < -0.4 is 4.74 Å². The van der Waals surface area contributed by atoms with Gasteiger partial charge < -0.3 is 9.84 Å². The average molecular weight is 429 g/mol. The van der Waals surface area contributed by atoms with Crippen LogP contribution in [0.3, 0.4) is 0 Å². The maximum Gasteiger partial charge on any atom is 0.148 e. The minimum Gasteiger partial charge on any atom is -0.484 e. The van der Waals surface area contributed by atoms with Crippen LogP contribution >= 0.6 is 43.2 Å². The van der Waals surface area contributed by atoms with Crippen LogP contribution in [0, 0.1) is 0 Å². The van der Waals surface area contributed by atoms with Gasteiger partial charge in [0.1, 0.15) is 17.4 Å². The molecular formula is C15H11Br2NO2S. The Bertz CT molecular complexity index is 732. The van der Waals surface area contributed by atoms with Crippen molar-refractivity contribution in [3.05, 3.63) is 55.9 Å². The molecule has 1 N–H and O–H groups in total. The fraction of sp³-hybridized carbons (Fsp3) is 0.133. The number of aromatic nitrogens is 1. The van der Waals surface area contributed by atoms with Gasteiger partial charge in [0.15, 0.2) is 0 Å². The predicted molar refractivity (Wildman–Crippen MR) is 91.7 cm³/mol. The van der Waals surface area contributed by atoms with Gasteiger partial charge in [-0.1, -0.05) is 12.1 Å². The molecule has 3 aromatic rings. The first-order chi connectivity index (χ1) is 10.2. The summed E-state index contributed by atoms with van der Waals surface area (Å²) in [6.07, 6.45) is 0. The number of nitrogens with zero attached hydrogens (tertiary/aromatic N) is 1. The van der Waals surface area contributed by atoms with Gasteiger partial charge in [0.25, 0.3) is 0 Å². The topological polar surface area (TPSA) is 42.4 Å². The van der Waals surface area contributed by atoms with Gasteiger partial charge in [0.2, 0.25) is 0 Å². The summed E-state index contributed by atoms with van der Waals surface area (Å²) < 4.78 is 8.63. The average Bonchev–Trinajstić information content (AvgIpc) is 2.88. The van der Waals surface area contributed by atoms with E-state index in [4.69, 9.17) is 4.74 Å². The molecule has 1 heterocycles. The summed E-state index contributed by atoms with van der Waals surface area (Å²) in [5.41, 5.74) is 1.82. The van der Waals surface area contributed by atoms with E-state index < -0.39 is 0 Å². The number of aliphatic hydroxyl groups excluding tert-OH is 1. The van der Waals surface area contributed by atoms with Gasteiger partial charge in [-0.15, -0.1) is 11.3 Å². The molecule has 2 aromatic carbocycles. The molecule has 6 heteroatoms. The lowest BCUT2D eigenvalue weighted by atomic mass is 10.2. The van der Waals surface area contributed by atoms with Crippen LogP contribution in [-0.4, -0.2) is 10.1 Å². The Balaban J connectivity index is 1.81. The maximum absolute atomic E-state index is 9.18. The Morgan fingerprint density at radius 3 is 2.52 bits per heavy atom. The summed E-state index contributed by atoms with van der Waals surface area (Å²) in [4.78, 5) is 4.54. The lowest BCUT2D eigenvalue weighted by Gasteiger charge is -2.10. The molecule has 0 fully saturated rings. The van der Waals surface area contributed by atoms with E-state index in [0.717, 1.165) is 29.7 Å². The van der Waals surface area contributed by atoms with Crippen molar-refractivity contribution in [3.63, 3.8) is 0 Å². The number of aliphatic hydroxyl groups is 1. The third-order valence-electron chi connectivity index (χ3n) is 2.92. The van der Waals surface area contributed by atoms with Crippen LogP contribution in [0.25, 0.3) is 10.2 Å². The number of halogens is 2. The van der Waals surface area contributed by atoms with E-state index in [1.165, 1.54) is 0 Å². The number of rotatable bonds is 4. The molecule has 0 aliphatic heterocycles. The van der Waals surface area contributed by atoms with Crippen LogP contribution in [0.4, 0.5) is 0 Å². The fourth-order valence-corrected chi connectivity index (χ4v) is 4.35. The first kappa shape index (κ1) is 15.0. The monoisotopic (exact) mass is 427 g/mol. The molecule has 0 bridgehead atoms. The van der Waals surface area contributed by atoms with Gasteiger partial charge in [0.05, 0.1) is 25.8 Å². The smallest absolute Gasteiger partial charge is 0.148 e. The fourth-order valence-electron chi connectivity index (χ4n) is 1.96. The summed E-state index contributed by atoms with van der Waals surface area (Å²) in [5, 5.41) is 10.1. The van der Waals surface area contributed by atoms with Crippen molar-refractivity contribution >= 4 is 53.4 Å². The number of ether oxygens (including phenoxy) is 1. The molecule has 0 spiro atoms. The van der Waals surface area contributed by atoms with Crippen molar-refractivity contribution in [2.45, 2.75) is 13.2 Å². The molecule has 0 aliphatic carbocycles. The van der Waals surface area contributed by atoms with Gasteiger partial charge in [0, 0.05) is 0 Å². The molecule has 108 valence electrons. The first-order valence-electron chi connectivity index (χ1n) is 6.23. The summed E-state index contributed by atoms with van der Waals surface area (Å²) in [6, 6.07) is 11.7. The largest absolute Gasteiger partial charge is 0.484 e. The van der Waals surface area contributed by atoms with E-state index in [1.807, 2.05) is 30.3 Å². The molecule has 0 amide bonds.